The van der Waals surface area contributed by atoms with E-state index in [0.717, 1.165) is 31.9 Å². The first-order chi connectivity index (χ1) is 8.81. The number of hydrogen-bond acceptors (Lipinski definition) is 3. The van der Waals surface area contributed by atoms with Crippen LogP contribution in [0, 0.1) is 6.92 Å². The van der Waals surface area contributed by atoms with Crippen LogP contribution in [0.25, 0.3) is 0 Å². The molecule has 3 nitrogen and oxygen atoms in total. The van der Waals surface area contributed by atoms with Crippen molar-refractivity contribution in [2.45, 2.75) is 38.4 Å². The fraction of sp³-hybridized carbons (Fsp3) is 0.600. The van der Waals surface area contributed by atoms with Gasteiger partial charge in [0.15, 0.2) is 0 Å². The topological polar surface area (TPSA) is 30.5 Å². The second kappa shape index (κ2) is 5.29. The van der Waals surface area contributed by atoms with Gasteiger partial charge in [-0.2, -0.15) is 0 Å². The largest absolute Gasteiger partial charge is 0.488 e. The van der Waals surface area contributed by atoms with Crippen LogP contribution in [0.4, 0.5) is 0 Å². The number of nitrogens with one attached hydrogen (secondary N) is 1. The molecule has 0 bridgehead atoms. The van der Waals surface area contributed by atoms with Gasteiger partial charge in [-0.1, -0.05) is 17.7 Å². The highest BCUT2D eigenvalue weighted by Gasteiger charge is 2.23. The van der Waals surface area contributed by atoms with Crippen molar-refractivity contribution in [2.75, 3.05) is 19.7 Å². The van der Waals surface area contributed by atoms with Crippen molar-refractivity contribution in [1.29, 1.82) is 0 Å². The number of hydrogen-bond donors (Lipinski definition) is 1. The summed E-state index contributed by atoms with van der Waals surface area (Å²) >= 11 is 0. The van der Waals surface area contributed by atoms with Gasteiger partial charge in [-0.3, -0.25) is 0 Å². The fourth-order valence-corrected chi connectivity index (χ4v) is 2.77. The van der Waals surface area contributed by atoms with Gasteiger partial charge < -0.3 is 14.8 Å². The Labute approximate surface area is 108 Å². The van der Waals surface area contributed by atoms with Crippen molar-refractivity contribution in [3.8, 4) is 5.75 Å². The molecule has 1 aromatic carbocycles. The molecule has 1 N–H and O–H groups in total. The van der Waals surface area contributed by atoms with Crippen molar-refractivity contribution < 1.29 is 9.47 Å². The molecular formula is C15H21NO2. The molecular weight excluding hydrogens is 226 g/mol. The van der Waals surface area contributed by atoms with Gasteiger partial charge in [-0.05, 0) is 31.4 Å². The average molecular weight is 247 g/mol. The van der Waals surface area contributed by atoms with Crippen LogP contribution in [0.2, 0.25) is 0 Å². The lowest BCUT2D eigenvalue weighted by Crippen LogP contribution is -2.34. The Bertz CT molecular complexity index is 413. The molecule has 0 aromatic heterocycles. The summed E-state index contributed by atoms with van der Waals surface area (Å²) in [6.45, 7) is 4.92. The van der Waals surface area contributed by atoms with E-state index >= 15 is 0 Å². The lowest BCUT2D eigenvalue weighted by molar-refractivity contribution is 0.107. The monoisotopic (exact) mass is 247 g/mol. The second-order valence-corrected chi connectivity index (χ2v) is 5.35. The molecule has 0 saturated carbocycles. The minimum atomic E-state index is 0.281. The van der Waals surface area contributed by atoms with Crippen LogP contribution in [-0.2, 0) is 11.2 Å². The molecule has 1 saturated heterocycles. The lowest BCUT2D eigenvalue weighted by atomic mass is 10.1. The third-order valence-corrected chi connectivity index (χ3v) is 3.73. The number of rotatable bonds is 4. The molecule has 0 radical (unpaired) electrons. The molecule has 1 aromatic rings. The first-order valence-electron chi connectivity index (χ1n) is 6.90. The zero-order valence-corrected chi connectivity index (χ0v) is 10.9. The number of benzene rings is 1. The van der Waals surface area contributed by atoms with Crippen molar-refractivity contribution in [3.05, 3.63) is 29.3 Å². The maximum absolute atomic E-state index is 5.92. The van der Waals surface area contributed by atoms with Crippen LogP contribution in [0.1, 0.15) is 24.0 Å². The minimum Gasteiger partial charge on any atom is -0.488 e. The summed E-state index contributed by atoms with van der Waals surface area (Å²) in [5, 5.41) is 3.47. The van der Waals surface area contributed by atoms with E-state index in [4.69, 9.17) is 9.47 Å². The normalized spacial score (nSPS) is 26.1. The minimum absolute atomic E-state index is 0.281. The highest BCUT2D eigenvalue weighted by Crippen LogP contribution is 2.29. The number of ether oxygens (including phenoxy) is 2. The molecule has 3 rings (SSSR count). The lowest BCUT2D eigenvalue weighted by Gasteiger charge is -2.14. The van der Waals surface area contributed by atoms with E-state index in [1.807, 2.05) is 0 Å². The first kappa shape index (κ1) is 12.0. The summed E-state index contributed by atoms with van der Waals surface area (Å²) in [6, 6.07) is 6.43. The third kappa shape index (κ3) is 2.68. The first-order valence-corrected chi connectivity index (χ1v) is 6.90. The van der Waals surface area contributed by atoms with E-state index < -0.39 is 0 Å². The Morgan fingerprint density at radius 3 is 3.00 bits per heavy atom. The molecule has 98 valence electrons. The second-order valence-electron chi connectivity index (χ2n) is 5.35. The molecule has 18 heavy (non-hydrogen) atoms. The maximum Gasteiger partial charge on any atom is 0.123 e. The molecule has 2 aliphatic rings. The average Bonchev–Trinajstić information content (AvgIpc) is 2.97. The van der Waals surface area contributed by atoms with Crippen LogP contribution in [0.5, 0.6) is 5.75 Å². The predicted molar refractivity (Wildman–Crippen MR) is 71.1 cm³/mol. The smallest absolute Gasteiger partial charge is 0.123 e. The Kier molecular flexibility index (Phi) is 3.52. The maximum atomic E-state index is 5.92. The van der Waals surface area contributed by atoms with Gasteiger partial charge in [0.25, 0.3) is 0 Å². The molecule has 0 amide bonds. The Morgan fingerprint density at radius 1 is 1.28 bits per heavy atom. The van der Waals surface area contributed by atoms with E-state index in [0.29, 0.717) is 6.10 Å². The molecule has 2 aliphatic heterocycles. The van der Waals surface area contributed by atoms with Crippen molar-refractivity contribution in [3.63, 3.8) is 0 Å². The van der Waals surface area contributed by atoms with Gasteiger partial charge >= 0.3 is 0 Å². The Hall–Kier alpha value is -1.06. The zero-order chi connectivity index (χ0) is 12.4. The number of aryl methyl sites for hydroxylation is 1. The van der Waals surface area contributed by atoms with Gasteiger partial charge in [0.2, 0.25) is 0 Å². The summed E-state index contributed by atoms with van der Waals surface area (Å²) in [5.74, 6) is 1.06. The Morgan fingerprint density at radius 2 is 2.17 bits per heavy atom. The SMILES string of the molecule is Cc1ccc2c(c1)CC(CNCC1CCCO1)O2. The van der Waals surface area contributed by atoms with Crippen molar-refractivity contribution in [2.24, 2.45) is 0 Å². The van der Waals surface area contributed by atoms with Crippen LogP contribution >= 0.6 is 0 Å². The van der Waals surface area contributed by atoms with E-state index in [2.05, 4.69) is 30.4 Å². The van der Waals surface area contributed by atoms with Gasteiger partial charge in [0.05, 0.1) is 6.10 Å². The van der Waals surface area contributed by atoms with Crippen LogP contribution in [-0.4, -0.2) is 31.9 Å². The van der Waals surface area contributed by atoms with E-state index in [-0.39, 0.29) is 6.10 Å². The predicted octanol–water partition coefficient (Wildman–Crippen LogP) is 2.07. The van der Waals surface area contributed by atoms with Gasteiger partial charge in [0.1, 0.15) is 11.9 Å². The summed E-state index contributed by atoms with van der Waals surface area (Å²) in [5.41, 5.74) is 2.66. The standard InChI is InChI=1S/C15H21NO2/c1-11-4-5-15-12(7-11)8-14(18-15)10-16-9-13-3-2-6-17-13/h4-5,7,13-14,16H,2-3,6,8-10H2,1H3. The Balaban J connectivity index is 1.46. The van der Waals surface area contributed by atoms with Gasteiger partial charge in [-0.15, -0.1) is 0 Å². The molecule has 2 unspecified atom stereocenters. The highest BCUT2D eigenvalue weighted by molar-refractivity contribution is 5.40. The molecule has 0 spiro atoms. The van der Waals surface area contributed by atoms with E-state index in [1.165, 1.54) is 24.0 Å². The molecule has 1 fully saturated rings. The molecule has 2 atom stereocenters. The van der Waals surface area contributed by atoms with Crippen LogP contribution in [0.15, 0.2) is 18.2 Å². The van der Waals surface area contributed by atoms with E-state index in [1.54, 1.807) is 0 Å². The summed E-state index contributed by atoms with van der Waals surface area (Å²) in [4.78, 5) is 0. The number of fused-ring (bicyclic) bond motifs is 1. The molecule has 0 aliphatic carbocycles. The van der Waals surface area contributed by atoms with Crippen molar-refractivity contribution in [1.82, 2.24) is 5.32 Å². The van der Waals surface area contributed by atoms with Crippen molar-refractivity contribution >= 4 is 0 Å². The van der Waals surface area contributed by atoms with E-state index in [9.17, 15) is 0 Å². The van der Waals surface area contributed by atoms with Crippen LogP contribution in [0.3, 0.4) is 0 Å². The van der Waals surface area contributed by atoms with Gasteiger partial charge in [-0.25, -0.2) is 0 Å². The summed E-state index contributed by atoms with van der Waals surface area (Å²) < 4.78 is 11.5. The quantitative estimate of drug-likeness (QED) is 0.883. The zero-order valence-electron chi connectivity index (χ0n) is 10.9. The summed E-state index contributed by atoms with van der Waals surface area (Å²) in [7, 11) is 0. The van der Waals surface area contributed by atoms with Crippen LogP contribution < -0.4 is 10.1 Å². The van der Waals surface area contributed by atoms with Gasteiger partial charge in [0, 0.05) is 26.1 Å². The molecule has 2 heterocycles. The summed E-state index contributed by atoms with van der Waals surface area (Å²) in [6.07, 6.45) is 4.11. The third-order valence-electron chi connectivity index (χ3n) is 3.73. The highest BCUT2D eigenvalue weighted by atomic mass is 16.5. The molecule has 3 heteroatoms. The fourth-order valence-electron chi connectivity index (χ4n) is 2.77.